The average molecular weight is 220 g/mol. The first-order valence-electron chi connectivity index (χ1n) is 6.89. The van der Waals surface area contributed by atoms with Gasteiger partial charge in [0.1, 0.15) is 11.7 Å². The molecule has 1 heteroatoms. The van der Waals surface area contributed by atoms with E-state index in [9.17, 15) is 0 Å². The van der Waals surface area contributed by atoms with Gasteiger partial charge in [-0.15, -0.1) is 0 Å². The number of hydrogen-bond acceptors (Lipinski definition) is 1. The van der Waals surface area contributed by atoms with Crippen molar-refractivity contribution >= 4 is 0 Å². The SMILES string of the molecule is CC(C)C1=CC[C@@]2(C)CCC[C@@H](C)[C@@]23O[C@@H]13. The zero-order valence-corrected chi connectivity index (χ0v) is 11.0. The molecule has 1 saturated carbocycles. The summed E-state index contributed by atoms with van der Waals surface area (Å²) in [6.07, 6.45) is 8.29. The Labute approximate surface area is 99.3 Å². The summed E-state index contributed by atoms with van der Waals surface area (Å²) in [4.78, 5) is 0. The lowest BCUT2D eigenvalue weighted by Crippen LogP contribution is -2.48. The van der Waals surface area contributed by atoms with Gasteiger partial charge in [-0.2, -0.15) is 0 Å². The molecule has 0 N–H and O–H groups in total. The summed E-state index contributed by atoms with van der Waals surface area (Å²) >= 11 is 0. The largest absolute Gasteiger partial charge is 0.360 e. The van der Waals surface area contributed by atoms with Crippen molar-refractivity contribution in [2.45, 2.75) is 65.1 Å². The molecule has 0 amide bonds. The molecule has 1 aliphatic heterocycles. The number of ether oxygens (including phenoxy) is 1. The summed E-state index contributed by atoms with van der Waals surface area (Å²) < 4.78 is 6.29. The van der Waals surface area contributed by atoms with E-state index in [0.29, 0.717) is 17.4 Å². The lowest BCUT2D eigenvalue weighted by molar-refractivity contribution is 0.0260. The molecular formula is C15H24O. The predicted octanol–water partition coefficient (Wildman–Crippen LogP) is 3.94. The Morgan fingerprint density at radius 2 is 2.19 bits per heavy atom. The van der Waals surface area contributed by atoms with Gasteiger partial charge < -0.3 is 4.74 Å². The van der Waals surface area contributed by atoms with Gasteiger partial charge in [-0.05, 0) is 36.7 Å². The van der Waals surface area contributed by atoms with Crippen molar-refractivity contribution in [3.8, 4) is 0 Å². The summed E-state index contributed by atoms with van der Waals surface area (Å²) in [6, 6.07) is 0. The summed E-state index contributed by atoms with van der Waals surface area (Å²) in [5.41, 5.74) is 2.22. The van der Waals surface area contributed by atoms with E-state index in [2.05, 4.69) is 33.8 Å². The van der Waals surface area contributed by atoms with Gasteiger partial charge in [0.15, 0.2) is 0 Å². The van der Waals surface area contributed by atoms with Crippen LogP contribution in [0.1, 0.15) is 53.4 Å². The van der Waals surface area contributed by atoms with E-state index in [-0.39, 0.29) is 5.60 Å². The zero-order chi connectivity index (χ0) is 11.6. The lowest BCUT2D eigenvalue weighted by Gasteiger charge is -2.46. The van der Waals surface area contributed by atoms with Crippen molar-refractivity contribution in [1.29, 1.82) is 0 Å². The van der Waals surface area contributed by atoms with Crippen LogP contribution in [-0.2, 0) is 4.74 Å². The van der Waals surface area contributed by atoms with Gasteiger partial charge >= 0.3 is 0 Å². The van der Waals surface area contributed by atoms with E-state index >= 15 is 0 Å². The van der Waals surface area contributed by atoms with Crippen molar-refractivity contribution in [3.05, 3.63) is 11.6 Å². The monoisotopic (exact) mass is 220 g/mol. The van der Waals surface area contributed by atoms with Crippen molar-refractivity contribution < 1.29 is 4.74 Å². The van der Waals surface area contributed by atoms with Crippen LogP contribution >= 0.6 is 0 Å². The molecule has 0 unspecified atom stereocenters. The average Bonchev–Trinajstić information content (AvgIpc) is 2.93. The van der Waals surface area contributed by atoms with Crippen LogP contribution in [-0.4, -0.2) is 11.7 Å². The highest BCUT2D eigenvalue weighted by atomic mass is 16.6. The second-order valence-corrected chi connectivity index (χ2v) is 6.71. The first-order valence-corrected chi connectivity index (χ1v) is 6.89. The van der Waals surface area contributed by atoms with E-state index in [0.717, 1.165) is 5.92 Å². The molecule has 1 saturated heterocycles. The molecule has 3 rings (SSSR count). The highest BCUT2D eigenvalue weighted by molar-refractivity contribution is 5.35. The van der Waals surface area contributed by atoms with E-state index in [1.807, 2.05) is 0 Å². The quantitative estimate of drug-likeness (QED) is 0.482. The Kier molecular flexibility index (Phi) is 2.12. The number of hydrogen-bond donors (Lipinski definition) is 0. The van der Waals surface area contributed by atoms with E-state index in [1.165, 1.54) is 25.7 Å². The normalized spacial score (nSPS) is 50.7. The molecule has 0 bridgehead atoms. The van der Waals surface area contributed by atoms with Crippen LogP contribution in [0.2, 0.25) is 0 Å². The Hall–Kier alpha value is -0.300. The second-order valence-electron chi connectivity index (χ2n) is 6.71. The third-order valence-electron chi connectivity index (χ3n) is 5.44. The van der Waals surface area contributed by atoms with Crippen molar-refractivity contribution in [2.75, 3.05) is 0 Å². The summed E-state index contributed by atoms with van der Waals surface area (Å²) in [6.45, 7) is 9.46. The summed E-state index contributed by atoms with van der Waals surface area (Å²) in [5, 5.41) is 0. The predicted molar refractivity (Wildman–Crippen MR) is 66.3 cm³/mol. The Balaban J connectivity index is 1.99. The van der Waals surface area contributed by atoms with Gasteiger partial charge in [0.25, 0.3) is 0 Å². The fraction of sp³-hybridized carbons (Fsp3) is 0.867. The molecule has 0 radical (unpaired) electrons. The van der Waals surface area contributed by atoms with Crippen LogP contribution in [0, 0.1) is 17.3 Å². The van der Waals surface area contributed by atoms with Gasteiger partial charge in [0.05, 0.1) is 0 Å². The van der Waals surface area contributed by atoms with Crippen LogP contribution in [0.25, 0.3) is 0 Å². The van der Waals surface area contributed by atoms with Crippen LogP contribution < -0.4 is 0 Å². The minimum Gasteiger partial charge on any atom is -0.360 e. The molecule has 0 aromatic carbocycles. The van der Waals surface area contributed by atoms with E-state index < -0.39 is 0 Å². The molecule has 4 atom stereocenters. The number of epoxide rings is 1. The van der Waals surface area contributed by atoms with Crippen molar-refractivity contribution in [3.63, 3.8) is 0 Å². The minimum absolute atomic E-state index is 0.222. The minimum atomic E-state index is 0.222. The van der Waals surface area contributed by atoms with E-state index in [4.69, 9.17) is 4.74 Å². The first-order chi connectivity index (χ1) is 7.51. The highest BCUT2D eigenvalue weighted by Crippen LogP contribution is 2.67. The van der Waals surface area contributed by atoms with Gasteiger partial charge in [-0.25, -0.2) is 0 Å². The maximum Gasteiger partial charge on any atom is 0.109 e. The van der Waals surface area contributed by atoms with Gasteiger partial charge in [-0.1, -0.05) is 40.2 Å². The lowest BCUT2D eigenvalue weighted by atomic mass is 9.56. The molecule has 2 fully saturated rings. The van der Waals surface area contributed by atoms with Crippen LogP contribution in [0.3, 0.4) is 0 Å². The summed E-state index contributed by atoms with van der Waals surface area (Å²) in [5.74, 6) is 1.40. The first kappa shape index (κ1) is 10.8. The third-order valence-corrected chi connectivity index (χ3v) is 5.44. The molecule has 16 heavy (non-hydrogen) atoms. The Bertz CT molecular complexity index is 343. The number of rotatable bonds is 1. The smallest absolute Gasteiger partial charge is 0.109 e. The maximum absolute atomic E-state index is 6.29. The van der Waals surface area contributed by atoms with Gasteiger partial charge in [0.2, 0.25) is 0 Å². The third kappa shape index (κ3) is 1.11. The van der Waals surface area contributed by atoms with Crippen molar-refractivity contribution in [1.82, 2.24) is 0 Å². The summed E-state index contributed by atoms with van der Waals surface area (Å²) in [7, 11) is 0. The van der Waals surface area contributed by atoms with Crippen LogP contribution in [0.5, 0.6) is 0 Å². The Morgan fingerprint density at radius 1 is 1.44 bits per heavy atom. The van der Waals surface area contributed by atoms with E-state index in [1.54, 1.807) is 5.57 Å². The standard InChI is InChI=1S/C15H24O/c1-10(2)12-7-9-14(4)8-5-6-11(3)15(14)13(12)16-15/h7,10-11,13H,5-6,8-9H2,1-4H3/t11-,13+,14-,15+/m1/s1. The topological polar surface area (TPSA) is 12.5 Å². The molecule has 1 heterocycles. The zero-order valence-electron chi connectivity index (χ0n) is 11.0. The Morgan fingerprint density at radius 3 is 2.88 bits per heavy atom. The highest BCUT2D eigenvalue weighted by Gasteiger charge is 2.72. The van der Waals surface area contributed by atoms with Crippen molar-refractivity contribution in [2.24, 2.45) is 17.3 Å². The molecular weight excluding hydrogens is 196 g/mol. The molecule has 1 nitrogen and oxygen atoms in total. The molecule has 90 valence electrons. The fourth-order valence-corrected chi connectivity index (χ4v) is 4.36. The van der Waals surface area contributed by atoms with Crippen LogP contribution in [0.4, 0.5) is 0 Å². The molecule has 2 aliphatic carbocycles. The maximum atomic E-state index is 6.29. The second kappa shape index (κ2) is 3.13. The molecule has 0 aromatic heterocycles. The molecule has 0 aromatic rings. The molecule has 3 aliphatic rings. The number of allylic oxidation sites excluding steroid dienone is 1. The fourth-order valence-electron chi connectivity index (χ4n) is 4.36. The van der Waals surface area contributed by atoms with Crippen LogP contribution in [0.15, 0.2) is 11.6 Å². The van der Waals surface area contributed by atoms with Gasteiger partial charge in [-0.3, -0.25) is 0 Å². The van der Waals surface area contributed by atoms with Gasteiger partial charge in [0, 0.05) is 5.41 Å². The molecule has 1 spiro atoms.